The molecule has 4 nitrogen and oxygen atoms in total. The van der Waals surface area contributed by atoms with E-state index in [0.717, 1.165) is 25.7 Å². The maximum atomic E-state index is 13.6. The molecule has 1 aliphatic rings. The summed E-state index contributed by atoms with van der Waals surface area (Å²) in [7, 11) is -2.04. The molecule has 1 aromatic rings. The van der Waals surface area contributed by atoms with Gasteiger partial charge in [-0.25, -0.2) is 12.8 Å². The molecule has 0 aliphatic heterocycles. The van der Waals surface area contributed by atoms with Crippen molar-refractivity contribution >= 4 is 15.7 Å². The van der Waals surface area contributed by atoms with E-state index in [4.69, 9.17) is 5.73 Å². The van der Waals surface area contributed by atoms with Crippen LogP contribution in [0.4, 0.5) is 10.1 Å². The maximum absolute atomic E-state index is 13.6. The fourth-order valence-corrected chi connectivity index (χ4v) is 4.79. The monoisotopic (exact) mass is 300 g/mol. The molecule has 0 spiro atoms. The van der Waals surface area contributed by atoms with Gasteiger partial charge < -0.3 is 5.73 Å². The minimum Gasteiger partial charge on any atom is -0.396 e. The number of anilines is 1. The van der Waals surface area contributed by atoms with Gasteiger partial charge in [-0.1, -0.05) is 12.8 Å². The van der Waals surface area contributed by atoms with Crippen LogP contribution in [-0.2, 0) is 10.0 Å². The van der Waals surface area contributed by atoms with E-state index in [-0.39, 0.29) is 16.6 Å². The van der Waals surface area contributed by atoms with Crippen molar-refractivity contribution in [2.45, 2.75) is 50.5 Å². The van der Waals surface area contributed by atoms with Gasteiger partial charge in [-0.2, -0.15) is 4.31 Å². The lowest BCUT2D eigenvalue weighted by Gasteiger charge is -2.26. The van der Waals surface area contributed by atoms with Crippen molar-refractivity contribution in [1.29, 1.82) is 0 Å². The van der Waals surface area contributed by atoms with E-state index in [0.29, 0.717) is 11.1 Å². The summed E-state index contributed by atoms with van der Waals surface area (Å²) >= 11 is 0. The highest BCUT2D eigenvalue weighted by Gasteiger charge is 2.33. The van der Waals surface area contributed by atoms with Gasteiger partial charge in [0.05, 0.1) is 10.6 Å². The summed E-state index contributed by atoms with van der Waals surface area (Å²) in [6, 6.07) is 1.22. The molecular formula is C14H21FN2O2S. The highest BCUT2D eigenvalue weighted by atomic mass is 32.2. The Morgan fingerprint density at radius 3 is 2.40 bits per heavy atom. The number of halogens is 1. The third kappa shape index (κ3) is 2.42. The van der Waals surface area contributed by atoms with Crippen molar-refractivity contribution in [3.63, 3.8) is 0 Å². The second-order valence-corrected chi connectivity index (χ2v) is 7.44. The van der Waals surface area contributed by atoms with Crippen LogP contribution in [0.1, 0.15) is 36.8 Å². The molecule has 1 aliphatic carbocycles. The van der Waals surface area contributed by atoms with Crippen molar-refractivity contribution < 1.29 is 12.8 Å². The van der Waals surface area contributed by atoms with Gasteiger partial charge in [0.25, 0.3) is 0 Å². The number of hydrogen-bond acceptors (Lipinski definition) is 3. The van der Waals surface area contributed by atoms with Gasteiger partial charge in [0, 0.05) is 13.1 Å². The Morgan fingerprint density at radius 1 is 1.30 bits per heavy atom. The summed E-state index contributed by atoms with van der Waals surface area (Å²) < 4.78 is 40.5. The van der Waals surface area contributed by atoms with Crippen LogP contribution in [0.15, 0.2) is 11.0 Å². The van der Waals surface area contributed by atoms with Crippen LogP contribution in [-0.4, -0.2) is 25.8 Å². The van der Waals surface area contributed by atoms with E-state index in [2.05, 4.69) is 0 Å². The zero-order valence-electron chi connectivity index (χ0n) is 12.1. The van der Waals surface area contributed by atoms with Crippen molar-refractivity contribution in [3.05, 3.63) is 23.0 Å². The molecule has 0 radical (unpaired) electrons. The van der Waals surface area contributed by atoms with Crippen LogP contribution in [0.2, 0.25) is 0 Å². The van der Waals surface area contributed by atoms with Gasteiger partial charge >= 0.3 is 0 Å². The first-order chi connectivity index (χ1) is 9.26. The van der Waals surface area contributed by atoms with Crippen LogP contribution >= 0.6 is 0 Å². The number of rotatable bonds is 3. The van der Waals surface area contributed by atoms with E-state index < -0.39 is 15.8 Å². The normalized spacial score (nSPS) is 17.1. The molecule has 0 atom stereocenters. The first-order valence-corrected chi connectivity index (χ1v) is 8.24. The van der Waals surface area contributed by atoms with Gasteiger partial charge in [0.1, 0.15) is 5.82 Å². The van der Waals surface area contributed by atoms with Crippen molar-refractivity contribution in [2.24, 2.45) is 0 Å². The molecule has 20 heavy (non-hydrogen) atoms. The Hall–Kier alpha value is -1.14. The zero-order chi connectivity index (χ0) is 15.1. The van der Waals surface area contributed by atoms with Gasteiger partial charge in [-0.05, 0) is 43.9 Å². The Balaban J connectivity index is 2.52. The van der Waals surface area contributed by atoms with E-state index in [1.54, 1.807) is 20.9 Å². The number of hydrogen-bond donors (Lipinski definition) is 1. The lowest BCUT2D eigenvalue weighted by molar-refractivity contribution is 0.372. The number of nitrogens with zero attached hydrogens (tertiary/aromatic N) is 1. The second-order valence-electron chi connectivity index (χ2n) is 5.50. The summed E-state index contributed by atoms with van der Waals surface area (Å²) in [5, 5.41) is 0. The molecule has 0 saturated heterocycles. The lowest BCUT2D eigenvalue weighted by atomic mass is 10.1. The molecular weight excluding hydrogens is 279 g/mol. The van der Waals surface area contributed by atoms with E-state index in [1.807, 2.05) is 0 Å². The second kappa shape index (κ2) is 5.33. The largest absolute Gasteiger partial charge is 0.396 e. The molecule has 6 heteroatoms. The maximum Gasteiger partial charge on any atom is 0.243 e. The Kier molecular flexibility index (Phi) is 4.07. The van der Waals surface area contributed by atoms with Crippen molar-refractivity contribution in [1.82, 2.24) is 4.31 Å². The highest BCUT2D eigenvalue weighted by molar-refractivity contribution is 7.89. The first kappa shape index (κ1) is 15.3. The Labute approximate surface area is 119 Å². The molecule has 2 N–H and O–H groups in total. The Bertz CT molecular complexity index is 623. The standard InChI is InChI=1S/C14H21FN2O2S/c1-9-8-12(15)13(16)10(2)14(9)20(18,19)17(3)11-6-4-5-7-11/h8,11H,4-7,16H2,1-3H3. The summed E-state index contributed by atoms with van der Waals surface area (Å²) in [4.78, 5) is 0.144. The number of nitrogen functional groups attached to an aromatic ring is 1. The predicted octanol–water partition coefficient (Wildman–Crippen LogP) is 2.59. The van der Waals surface area contributed by atoms with Gasteiger partial charge in [0.2, 0.25) is 10.0 Å². The molecule has 0 amide bonds. The van der Waals surface area contributed by atoms with Crippen molar-refractivity contribution in [3.8, 4) is 0 Å². The van der Waals surface area contributed by atoms with Crippen molar-refractivity contribution in [2.75, 3.05) is 12.8 Å². The highest BCUT2D eigenvalue weighted by Crippen LogP contribution is 2.32. The van der Waals surface area contributed by atoms with Crippen LogP contribution in [0, 0.1) is 19.7 Å². The third-order valence-corrected chi connectivity index (χ3v) is 6.38. The molecule has 0 aromatic heterocycles. The quantitative estimate of drug-likeness (QED) is 0.873. The van der Waals surface area contributed by atoms with Crippen LogP contribution in [0.5, 0.6) is 0 Å². The number of nitrogens with two attached hydrogens (primary N) is 1. The summed E-state index contributed by atoms with van der Waals surface area (Å²) in [5.74, 6) is -0.567. The predicted molar refractivity (Wildman–Crippen MR) is 77.5 cm³/mol. The lowest BCUT2D eigenvalue weighted by Crippen LogP contribution is -2.36. The molecule has 2 rings (SSSR count). The molecule has 0 heterocycles. The topological polar surface area (TPSA) is 63.4 Å². The van der Waals surface area contributed by atoms with Gasteiger partial charge in [-0.3, -0.25) is 0 Å². The third-order valence-electron chi connectivity index (χ3n) is 4.18. The van der Waals surface area contributed by atoms with Gasteiger partial charge in [0.15, 0.2) is 0 Å². The minimum atomic E-state index is -3.64. The van der Waals surface area contributed by atoms with Crippen LogP contribution in [0.25, 0.3) is 0 Å². The van der Waals surface area contributed by atoms with E-state index in [9.17, 15) is 12.8 Å². The summed E-state index contributed by atoms with van der Waals surface area (Å²) in [6.45, 7) is 3.16. The average Bonchev–Trinajstić information content (AvgIpc) is 2.88. The smallest absolute Gasteiger partial charge is 0.243 e. The molecule has 0 unspecified atom stereocenters. The molecule has 1 fully saturated rings. The average molecular weight is 300 g/mol. The molecule has 1 aromatic carbocycles. The number of sulfonamides is 1. The van der Waals surface area contributed by atoms with Gasteiger partial charge in [-0.15, -0.1) is 0 Å². The fraction of sp³-hybridized carbons (Fsp3) is 0.571. The van der Waals surface area contributed by atoms with E-state index >= 15 is 0 Å². The summed E-state index contributed by atoms with van der Waals surface area (Å²) in [6.07, 6.45) is 3.86. The minimum absolute atomic E-state index is 0.0325. The first-order valence-electron chi connectivity index (χ1n) is 6.80. The zero-order valence-corrected chi connectivity index (χ0v) is 12.9. The molecule has 0 bridgehead atoms. The van der Waals surface area contributed by atoms with Crippen LogP contribution in [0.3, 0.4) is 0 Å². The number of aryl methyl sites for hydroxylation is 1. The SMILES string of the molecule is Cc1cc(F)c(N)c(C)c1S(=O)(=O)N(C)C1CCCC1. The van der Waals surface area contributed by atoms with Crippen LogP contribution < -0.4 is 5.73 Å². The molecule has 112 valence electrons. The van der Waals surface area contributed by atoms with E-state index in [1.165, 1.54) is 10.4 Å². The molecule has 1 saturated carbocycles. The fourth-order valence-electron chi connectivity index (χ4n) is 2.94. The number of benzene rings is 1. The Morgan fingerprint density at radius 2 is 1.85 bits per heavy atom. The summed E-state index contributed by atoms with van der Waals surface area (Å²) in [5.41, 5.74) is 6.26.